The van der Waals surface area contributed by atoms with E-state index in [2.05, 4.69) is 38.1 Å². The van der Waals surface area contributed by atoms with E-state index in [1.807, 2.05) is 18.7 Å². The molecule has 0 saturated carbocycles. The van der Waals surface area contributed by atoms with E-state index in [0.717, 1.165) is 12.2 Å². The van der Waals surface area contributed by atoms with Crippen LogP contribution in [-0.4, -0.2) is 23.0 Å². The fraction of sp³-hybridized carbons (Fsp3) is 0.571. The fourth-order valence-electron chi connectivity index (χ4n) is 1.77. The molecule has 0 amide bonds. The minimum Gasteiger partial charge on any atom is -0.392 e. The van der Waals surface area contributed by atoms with Gasteiger partial charge in [0.15, 0.2) is 0 Å². The van der Waals surface area contributed by atoms with Gasteiger partial charge in [-0.25, -0.2) is 0 Å². The molecule has 0 aliphatic heterocycles. The topological polar surface area (TPSA) is 46.2 Å². The second kappa shape index (κ2) is 7.04. The molecule has 0 aliphatic rings. The molecule has 1 rings (SSSR count). The lowest BCUT2D eigenvalue weighted by Gasteiger charge is -2.19. The van der Waals surface area contributed by atoms with Gasteiger partial charge in [0, 0.05) is 10.9 Å². The predicted octanol–water partition coefficient (Wildman–Crippen LogP) is 3.00. The number of rotatable bonds is 6. The molecular weight excluding hydrogens is 230 g/mol. The third-order valence-corrected chi connectivity index (χ3v) is 3.86. The van der Waals surface area contributed by atoms with E-state index in [1.165, 1.54) is 10.5 Å². The van der Waals surface area contributed by atoms with Gasteiger partial charge in [0.05, 0.1) is 6.10 Å². The summed E-state index contributed by atoms with van der Waals surface area (Å²) in [5, 5.41) is 9.77. The van der Waals surface area contributed by atoms with Gasteiger partial charge in [-0.1, -0.05) is 26.0 Å². The first kappa shape index (κ1) is 14.6. The maximum atomic E-state index is 9.77. The molecule has 1 aromatic rings. The van der Waals surface area contributed by atoms with Crippen LogP contribution in [-0.2, 0) is 0 Å². The summed E-state index contributed by atoms with van der Waals surface area (Å²) in [6, 6.07) is 8.44. The molecular formula is C14H23NOS. The molecule has 17 heavy (non-hydrogen) atoms. The van der Waals surface area contributed by atoms with Crippen LogP contribution in [0.15, 0.2) is 29.2 Å². The van der Waals surface area contributed by atoms with Crippen molar-refractivity contribution in [1.29, 1.82) is 0 Å². The van der Waals surface area contributed by atoms with Crippen LogP contribution in [0.1, 0.15) is 38.7 Å². The molecule has 2 nitrogen and oxygen atoms in total. The minimum atomic E-state index is -0.422. The van der Waals surface area contributed by atoms with Gasteiger partial charge in [-0.15, -0.1) is 11.8 Å². The van der Waals surface area contributed by atoms with E-state index in [9.17, 15) is 5.11 Å². The summed E-state index contributed by atoms with van der Waals surface area (Å²) in [5.41, 5.74) is 6.94. The van der Waals surface area contributed by atoms with Crippen LogP contribution in [0.3, 0.4) is 0 Å². The second-order valence-corrected chi connectivity index (χ2v) is 5.90. The maximum absolute atomic E-state index is 9.77. The largest absolute Gasteiger partial charge is 0.392 e. The first-order valence-electron chi connectivity index (χ1n) is 6.21. The molecule has 0 fully saturated rings. The van der Waals surface area contributed by atoms with Crippen molar-refractivity contribution in [3.05, 3.63) is 29.8 Å². The summed E-state index contributed by atoms with van der Waals surface area (Å²) in [5.74, 6) is 1.44. The fourth-order valence-corrected chi connectivity index (χ4v) is 2.43. The van der Waals surface area contributed by atoms with Gasteiger partial charge >= 0.3 is 0 Å². The molecule has 0 radical (unpaired) electrons. The van der Waals surface area contributed by atoms with Crippen molar-refractivity contribution in [3.63, 3.8) is 0 Å². The number of nitrogens with two attached hydrogens (primary N) is 1. The Hall–Kier alpha value is -0.510. The van der Waals surface area contributed by atoms with E-state index < -0.39 is 6.10 Å². The van der Waals surface area contributed by atoms with E-state index in [1.54, 1.807) is 0 Å². The minimum absolute atomic E-state index is 0.160. The van der Waals surface area contributed by atoms with Crippen molar-refractivity contribution < 1.29 is 5.11 Å². The van der Waals surface area contributed by atoms with Crippen molar-refractivity contribution in [2.45, 2.75) is 50.2 Å². The smallest absolute Gasteiger partial charge is 0.0694 e. The van der Waals surface area contributed by atoms with E-state index in [4.69, 9.17) is 5.73 Å². The Labute approximate surface area is 109 Å². The van der Waals surface area contributed by atoms with Gasteiger partial charge in [0.2, 0.25) is 0 Å². The van der Waals surface area contributed by atoms with Crippen molar-refractivity contribution in [2.75, 3.05) is 5.75 Å². The number of thioether (sulfide) groups is 1. The molecule has 0 aromatic heterocycles. The SMILES string of the molecule is CCSc1ccc(C(C)CC(O)C(C)N)cc1. The molecule has 96 valence electrons. The highest BCUT2D eigenvalue weighted by Crippen LogP contribution is 2.24. The third kappa shape index (κ3) is 4.70. The van der Waals surface area contributed by atoms with Gasteiger partial charge in [-0.05, 0) is 42.7 Å². The van der Waals surface area contributed by atoms with Gasteiger partial charge < -0.3 is 10.8 Å². The predicted molar refractivity (Wildman–Crippen MR) is 75.5 cm³/mol. The number of aliphatic hydroxyl groups is 1. The van der Waals surface area contributed by atoms with Crippen LogP contribution in [0.2, 0.25) is 0 Å². The molecule has 3 atom stereocenters. The average Bonchev–Trinajstić information content (AvgIpc) is 2.30. The summed E-state index contributed by atoms with van der Waals surface area (Å²) in [6.45, 7) is 6.13. The van der Waals surface area contributed by atoms with E-state index in [0.29, 0.717) is 5.92 Å². The number of hydrogen-bond donors (Lipinski definition) is 2. The Morgan fingerprint density at radius 1 is 1.24 bits per heavy atom. The molecule has 1 aromatic carbocycles. The van der Waals surface area contributed by atoms with Crippen LogP contribution in [0, 0.1) is 0 Å². The molecule has 0 aliphatic carbocycles. The standard InChI is InChI=1S/C14H23NOS/c1-4-17-13-7-5-12(6-8-13)10(2)9-14(16)11(3)15/h5-8,10-11,14,16H,4,9,15H2,1-3H3. The third-order valence-electron chi connectivity index (χ3n) is 2.96. The van der Waals surface area contributed by atoms with Gasteiger partial charge in [-0.3, -0.25) is 0 Å². The Bertz CT molecular complexity index is 323. The summed E-state index contributed by atoms with van der Waals surface area (Å²) in [6.07, 6.45) is 0.299. The zero-order chi connectivity index (χ0) is 12.8. The maximum Gasteiger partial charge on any atom is 0.0694 e. The van der Waals surface area contributed by atoms with Crippen molar-refractivity contribution in [3.8, 4) is 0 Å². The summed E-state index contributed by atoms with van der Waals surface area (Å²) >= 11 is 1.85. The zero-order valence-corrected chi connectivity index (χ0v) is 11.7. The normalized spacial score (nSPS) is 16.5. The Balaban J connectivity index is 2.60. The number of benzene rings is 1. The Kier molecular flexibility index (Phi) is 6.03. The van der Waals surface area contributed by atoms with Crippen molar-refractivity contribution in [2.24, 2.45) is 5.73 Å². The molecule has 0 saturated heterocycles. The van der Waals surface area contributed by atoms with Crippen LogP contribution >= 0.6 is 11.8 Å². The molecule has 3 unspecified atom stereocenters. The van der Waals surface area contributed by atoms with Crippen molar-refractivity contribution in [1.82, 2.24) is 0 Å². The van der Waals surface area contributed by atoms with E-state index >= 15 is 0 Å². The summed E-state index contributed by atoms with van der Waals surface area (Å²) in [7, 11) is 0. The van der Waals surface area contributed by atoms with Crippen LogP contribution in [0.5, 0.6) is 0 Å². The van der Waals surface area contributed by atoms with Crippen LogP contribution in [0.25, 0.3) is 0 Å². The van der Waals surface area contributed by atoms with Crippen molar-refractivity contribution >= 4 is 11.8 Å². The monoisotopic (exact) mass is 253 g/mol. The lowest BCUT2D eigenvalue weighted by molar-refractivity contribution is 0.134. The van der Waals surface area contributed by atoms with Gasteiger partial charge in [0.1, 0.15) is 0 Å². The molecule has 3 heteroatoms. The first-order valence-corrected chi connectivity index (χ1v) is 7.19. The lowest BCUT2D eigenvalue weighted by atomic mass is 9.93. The second-order valence-electron chi connectivity index (χ2n) is 4.57. The first-order chi connectivity index (χ1) is 8.04. The quantitative estimate of drug-likeness (QED) is 0.766. The Morgan fingerprint density at radius 2 is 1.82 bits per heavy atom. The van der Waals surface area contributed by atoms with Crippen LogP contribution < -0.4 is 5.73 Å². The van der Waals surface area contributed by atoms with E-state index in [-0.39, 0.29) is 6.04 Å². The highest BCUT2D eigenvalue weighted by atomic mass is 32.2. The van der Waals surface area contributed by atoms with Gasteiger partial charge in [0.25, 0.3) is 0 Å². The molecule has 0 bridgehead atoms. The highest BCUT2D eigenvalue weighted by Gasteiger charge is 2.15. The summed E-state index contributed by atoms with van der Waals surface area (Å²) < 4.78 is 0. The zero-order valence-electron chi connectivity index (χ0n) is 10.9. The Morgan fingerprint density at radius 3 is 2.29 bits per heavy atom. The average molecular weight is 253 g/mol. The number of aliphatic hydroxyl groups excluding tert-OH is 1. The molecule has 0 spiro atoms. The van der Waals surface area contributed by atoms with Gasteiger partial charge in [-0.2, -0.15) is 0 Å². The molecule has 3 N–H and O–H groups in total. The lowest BCUT2D eigenvalue weighted by Crippen LogP contribution is -2.32. The molecule has 0 heterocycles. The summed E-state index contributed by atoms with van der Waals surface area (Å²) in [4.78, 5) is 1.30. The highest BCUT2D eigenvalue weighted by molar-refractivity contribution is 7.99. The number of hydrogen-bond acceptors (Lipinski definition) is 3. The van der Waals surface area contributed by atoms with Crippen LogP contribution in [0.4, 0.5) is 0 Å².